The molecule has 0 heterocycles. The van der Waals surface area contributed by atoms with Crippen molar-refractivity contribution in [3.8, 4) is 0 Å². The Kier molecular flexibility index (Phi) is 8.13. The minimum absolute atomic E-state index is 0.125. The van der Waals surface area contributed by atoms with E-state index in [1.165, 1.54) is 12.1 Å². The largest absolute Gasteiger partial charge is 0.394 e. The first-order chi connectivity index (χ1) is 15.0. The van der Waals surface area contributed by atoms with Crippen LogP contribution in [0.2, 0.25) is 0 Å². The highest BCUT2D eigenvalue weighted by Crippen LogP contribution is 2.48. The van der Waals surface area contributed by atoms with Gasteiger partial charge in [-0.1, -0.05) is 19.9 Å². The van der Waals surface area contributed by atoms with E-state index in [-0.39, 0.29) is 31.0 Å². The van der Waals surface area contributed by atoms with Gasteiger partial charge in [-0.15, -0.1) is 0 Å². The predicted octanol–water partition coefficient (Wildman–Crippen LogP) is 4.34. The molecule has 0 bridgehead atoms. The second kappa shape index (κ2) is 10.1. The molecule has 1 aliphatic carbocycles. The lowest BCUT2D eigenvalue weighted by atomic mass is 10.2. The molecule has 1 saturated carbocycles. The third-order valence-corrected chi connectivity index (χ3v) is 7.18. The maximum Gasteiger partial charge on any atom is 0.238 e. The summed E-state index contributed by atoms with van der Waals surface area (Å²) in [6.45, 7) is 4.93. The summed E-state index contributed by atoms with van der Waals surface area (Å²) in [7, 11) is -4.37. The molecule has 2 aromatic rings. The Morgan fingerprint density at radius 2 is 1.66 bits per heavy atom. The lowest BCUT2D eigenvalue weighted by Crippen LogP contribution is -2.34. The van der Waals surface area contributed by atoms with E-state index in [2.05, 4.69) is 5.32 Å². The Labute approximate surface area is 184 Å². The van der Waals surface area contributed by atoms with Crippen molar-refractivity contribution in [3.63, 3.8) is 0 Å². The lowest BCUT2D eigenvalue weighted by Gasteiger charge is -2.22. The number of sulfonamides is 1. The molecule has 6 nitrogen and oxygen atoms in total. The van der Waals surface area contributed by atoms with Crippen molar-refractivity contribution >= 4 is 27.1 Å². The number of aryl methyl sites for hydroxylation is 1. The van der Waals surface area contributed by atoms with Crippen LogP contribution in [0.3, 0.4) is 0 Å². The molecule has 4 N–H and O–H groups in total. The average molecular weight is 479 g/mol. The maximum absolute atomic E-state index is 14.5. The Morgan fingerprint density at radius 3 is 2.19 bits per heavy atom. The molecule has 32 heavy (non-hydrogen) atoms. The zero-order valence-corrected chi connectivity index (χ0v) is 18.7. The first kappa shape index (κ1) is 25.9. The number of aliphatic hydroxyl groups excluding tert-OH is 2. The van der Waals surface area contributed by atoms with Crippen LogP contribution in [0, 0.1) is 30.2 Å². The van der Waals surface area contributed by atoms with Crippen LogP contribution in [-0.4, -0.2) is 36.1 Å². The summed E-state index contributed by atoms with van der Waals surface area (Å²) in [6, 6.07) is 3.96. The molecule has 0 aromatic heterocycles. The molecule has 1 unspecified atom stereocenters. The van der Waals surface area contributed by atoms with E-state index in [1.54, 1.807) is 6.92 Å². The van der Waals surface area contributed by atoms with E-state index in [0.717, 1.165) is 6.07 Å². The highest BCUT2D eigenvalue weighted by Gasteiger charge is 2.55. The van der Waals surface area contributed by atoms with Crippen LogP contribution in [0.5, 0.6) is 0 Å². The molecule has 0 amide bonds. The van der Waals surface area contributed by atoms with Gasteiger partial charge in [-0.2, -0.15) is 0 Å². The number of anilines is 3. The summed E-state index contributed by atoms with van der Waals surface area (Å²) in [5.74, 6) is -5.44. The van der Waals surface area contributed by atoms with Crippen molar-refractivity contribution in [2.24, 2.45) is 0 Å². The van der Waals surface area contributed by atoms with E-state index in [1.807, 2.05) is 18.6 Å². The smallest absolute Gasteiger partial charge is 0.238 e. The van der Waals surface area contributed by atoms with Gasteiger partial charge in [0.2, 0.25) is 10.0 Å². The van der Waals surface area contributed by atoms with E-state index in [4.69, 9.17) is 5.11 Å². The molecule has 0 saturated heterocycles. The first-order valence-electron chi connectivity index (χ1n) is 10.0. The predicted molar refractivity (Wildman–Crippen MR) is 114 cm³/mol. The van der Waals surface area contributed by atoms with Crippen molar-refractivity contribution < 1.29 is 36.2 Å². The number of halogens is 4. The molecule has 1 aliphatic rings. The van der Waals surface area contributed by atoms with Crippen LogP contribution in [0.25, 0.3) is 0 Å². The zero-order valence-electron chi connectivity index (χ0n) is 17.8. The number of hydrogen-bond donors (Lipinski definition) is 4. The molecule has 2 aromatic carbocycles. The minimum Gasteiger partial charge on any atom is -0.394 e. The second-order valence-electron chi connectivity index (χ2n) is 7.34. The highest BCUT2D eigenvalue weighted by molar-refractivity contribution is 7.94. The third-order valence-electron chi connectivity index (χ3n) is 4.99. The van der Waals surface area contributed by atoms with Crippen molar-refractivity contribution in [3.05, 3.63) is 53.1 Å². The zero-order chi connectivity index (χ0) is 24.3. The summed E-state index contributed by atoms with van der Waals surface area (Å²) < 4.78 is 82.9. The van der Waals surface area contributed by atoms with Gasteiger partial charge >= 0.3 is 0 Å². The topological polar surface area (TPSA) is 98.7 Å². The molecule has 0 aliphatic heterocycles. The summed E-state index contributed by atoms with van der Waals surface area (Å²) in [5, 5.41) is 20.8. The van der Waals surface area contributed by atoms with Gasteiger partial charge in [0.05, 0.1) is 23.1 Å². The molecular formula is C21H26F4N2O4S. The van der Waals surface area contributed by atoms with E-state index in [9.17, 15) is 31.1 Å². The van der Waals surface area contributed by atoms with E-state index >= 15 is 0 Å². The molecule has 0 spiro atoms. The van der Waals surface area contributed by atoms with Gasteiger partial charge in [0.25, 0.3) is 0 Å². The molecular weight excluding hydrogens is 452 g/mol. The second-order valence-corrected chi connectivity index (χ2v) is 9.42. The van der Waals surface area contributed by atoms with Gasteiger partial charge in [-0.3, -0.25) is 4.72 Å². The molecule has 178 valence electrons. The Hall–Kier alpha value is -2.37. The van der Waals surface area contributed by atoms with Gasteiger partial charge in [0, 0.05) is 6.07 Å². The standard InChI is InChI=1S/C19H20F4N2O4S.C2H6/c1-10-2-3-15(12(20)6-10)24-18-16(23)13(21)7-14(22)17(18)25-30(28,29)19(4-5-19)8-11(27)9-26;1-2/h2-3,6-7,11,24-27H,4-5,8-9H2,1H3;1-2H3. The number of rotatable bonds is 8. The van der Waals surface area contributed by atoms with Crippen LogP contribution < -0.4 is 10.0 Å². The van der Waals surface area contributed by atoms with E-state index < -0.39 is 62.1 Å². The summed E-state index contributed by atoms with van der Waals surface area (Å²) in [5.41, 5.74) is -1.61. The first-order valence-corrected chi connectivity index (χ1v) is 11.5. The summed E-state index contributed by atoms with van der Waals surface area (Å²) >= 11 is 0. The monoisotopic (exact) mass is 478 g/mol. The Bertz CT molecular complexity index is 1080. The van der Waals surface area contributed by atoms with Crippen molar-refractivity contribution in [1.29, 1.82) is 0 Å². The highest BCUT2D eigenvalue weighted by atomic mass is 32.2. The molecule has 11 heteroatoms. The van der Waals surface area contributed by atoms with Crippen LogP contribution in [0.1, 0.15) is 38.7 Å². The van der Waals surface area contributed by atoms with Gasteiger partial charge in [0.15, 0.2) is 17.5 Å². The fraction of sp³-hybridized carbons (Fsp3) is 0.429. The SMILES string of the molecule is CC.Cc1ccc(Nc2c(F)c(F)cc(F)c2NS(=O)(=O)C2(CC(O)CO)CC2)c(F)c1. The minimum atomic E-state index is -4.37. The number of benzene rings is 2. The molecule has 1 fully saturated rings. The van der Waals surface area contributed by atoms with Crippen LogP contribution >= 0.6 is 0 Å². The van der Waals surface area contributed by atoms with Gasteiger partial charge in [-0.25, -0.2) is 26.0 Å². The maximum atomic E-state index is 14.5. The number of aliphatic hydroxyl groups is 2. The Balaban J connectivity index is 0.00000176. The van der Waals surface area contributed by atoms with Crippen molar-refractivity contribution in [2.75, 3.05) is 16.6 Å². The average Bonchev–Trinajstić information content (AvgIpc) is 3.53. The van der Waals surface area contributed by atoms with Crippen molar-refractivity contribution in [1.82, 2.24) is 0 Å². The van der Waals surface area contributed by atoms with Crippen LogP contribution in [0.15, 0.2) is 24.3 Å². The van der Waals surface area contributed by atoms with Crippen LogP contribution in [-0.2, 0) is 10.0 Å². The fourth-order valence-corrected chi connectivity index (χ4v) is 4.86. The summed E-state index contributed by atoms with van der Waals surface area (Å²) in [6.07, 6.45) is -1.39. The Morgan fingerprint density at radius 1 is 1.03 bits per heavy atom. The van der Waals surface area contributed by atoms with Crippen LogP contribution in [0.4, 0.5) is 34.6 Å². The van der Waals surface area contributed by atoms with Crippen molar-refractivity contribution in [2.45, 2.75) is 50.9 Å². The van der Waals surface area contributed by atoms with Gasteiger partial charge in [0.1, 0.15) is 17.2 Å². The normalized spacial score (nSPS) is 15.4. The summed E-state index contributed by atoms with van der Waals surface area (Å²) in [4.78, 5) is 0. The van der Waals surface area contributed by atoms with Gasteiger partial charge < -0.3 is 15.5 Å². The quantitative estimate of drug-likeness (QED) is 0.334. The fourth-order valence-electron chi connectivity index (χ4n) is 3.13. The molecule has 1 atom stereocenters. The number of nitrogens with one attached hydrogen (secondary N) is 2. The van der Waals surface area contributed by atoms with Gasteiger partial charge in [-0.05, 0) is 43.9 Å². The molecule has 0 radical (unpaired) electrons. The van der Waals surface area contributed by atoms with E-state index in [0.29, 0.717) is 5.56 Å². The third kappa shape index (κ3) is 5.33. The number of hydrogen-bond acceptors (Lipinski definition) is 5. The lowest BCUT2D eigenvalue weighted by molar-refractivity contribution is 0.0858. The molecule has 3 rings (SSSR count).